The Bertz CT molecular complexity index is 430. The van der Waals surface area contributed by atoms with Crippen molar-refractivity contribution in [1.29, 1.82) is 0 Å². The van der Waals surface area contributed by atoms with E-state index in [1.54, 1.807) is 7.11 Å². The van der Waals surface area contributed by atoms with Crippen LogP contribution in [-0.4, -0.2) is 42.7 Å². The fourth-order valence-electron chi connectivity index (χ4n) is 2.60. The van der Waals surface area contributed by atoms with Gasteiger partial charge in [-0.1, -0.05) is 12.1 Å². The third-order valence-corrected chi connectivity index (χ3v) is 3.91. The zero-order chi connectivity index (χ0) is 14.4. The van der Waals surface area contributed by atoms with Crippen molar-refractivity contribution in [3.05, 3.63) is 29.8 Å². The average Bonchev–Trinajstić information content (AvgIpc) is 2.97. The molecule has 0 radical (unpaired) electrons. The Morgan fingerprint density at radius 2 is 2.15 bits per heavy atom. The van der Waals surface area contributed by atoms with Crippen LogP contribution in [0, 0.1) is 5.92 Å². The number of nitrogens with zero attached hydrogens (tertiary/aromatic N) is 1. The highest BCUT2D eigenvalue weighted by Crippen LogP contribution is 2.18. The number of carbonyl (C=O) groups is 1. The predicted molar refractivity (Wildman–Crippen MR) is 77.7 cm³/mol. The van der Waals surface area contributed by atoms with E-state index in [1.807, 2.05) is 29.2 Å². The normalized spacial score (nSPS) is 18.3. The van der Waals surface area contributed by atoms with Gasteiger partial charge in [-0.15, -0.1) is 0 Å². The van der Waals surface area contributed by atoms with Crippen LogP contribution >= 0.6 is 0 Å². The van der Waals surface area contributed by atoms with Gasteiger partial charge in [-0.3, -0.25) is 4.79 Å². The first kappa shape index (κ1) is 14.9. The number of likely N-dealkylation sites (tertiary alicyclic amines) is 1. The smallest absolute Gasteiger partial charge is 0.222 e. The van der Waals surface area contributed by atoms with Gasteiger partial charge in [-0.25, -0.2) is 0 Å². The molecule has 0 aliphatic carbocycles. The van der Waals surface area contributed by atoms with E-state index in [0.29, 0.717) is 6.42 Å². The lowest BCUT2D eigenvalue weighted by atomic mass is 10.1. The van der Waals surface area contributed by atoms with Crippen molar-refractivity contribution in [2.75, 3.05) is 26.8 Å². The van der Waals surface area contributed by atoms with Gasteiger partial charge in [0.1, 0.15) is 5.75 Å². The van der Waals surface area contributed by atoms with Gasteiger partial charge in [0.2, 0.25) is 5.91 Å². The minimum Gasteiger partial charge on any atom is -0.497 e. The number of aryl methyl sites for hydroxylation is 1. The molecule has 1 atom stereocenters. The summed E-state index contributed by atoms with van der Waals surface area (Å²) in [5.41, 5.74) is 1.23. The number of aliphatic hydroxyl groups excluding tert-OH is 1. The van der Waals surface area contributed by atoms with Crippen molar-refractivity contribution in [2.24, 2.45) is 5.92 Å². The van der Waals surface area contributed by atoms with E-state index in [9.17, 15) is 4.79 Å². The van der Waals surface area contributed by atoms with Gasteiger partial charge in [0.05, 0.1) is 7.11 Å². The summed E-state index contributed by atoms with van der Waals surface area (Å²) < 4.78 is 5.12. The SMILES string of the molecule is COc1ccc(CCCC(=O)N2CCC(CO)C2)cc1. The van der Waals surface area contributed by atoms with Gasteiger partial charge in [0.15, 0.2) is 0 Å². The summed E-state index contributed by atoms with van der Waals surface area (Å²) in [4.78, 5) is 13.9. The number of hydrogen-bond donors (Lipinski definition) is 1. The Hall–Kier alpha value is -1.55. The average molecular weight is 277 g/mol. The molecule has 1 heterocycles. The van der Waals surface area contributed by atoms with Gasteiger partial charge in [-0.05, 0) is 37.0 Å². The summed E-state index contributed by atoms with van der Waals surface area (Å²) in [5, 5.41) is 9.08. The molecule has 1 N–H and O–H groups in total. The quantitative estimate of drug-likeness (QED) is 0.863. The molecule has 1 fully saturated rings. The molecular formula is C16H23NO3. The minimum absolute atomic E-state index is 0.190. The first-order chi connectivity index (χ1) is 9.72. The molecular weight excluding hydrogens is 254 g/mol. The Morgan fingerprint density at radius 1 is 1.40 bits per heavy atom. The van der Waals surface area contributed by atoms with E-state index < -0.39 is 0 Å². The first-order valence-corrected chi connectivity index (χ1v) is 7.24. The van der Waals surface area contributed by atoms with Gasteiger partial charge < -0.3 is 14.7 Å². The maximum absolute atomic E-state index is 12.0. The third kappa shape index (κ3) is 3.97. The standard InChI is InChI=1S/C16H23NO3/c1-20-15-7-5-13(6-8-15)3-2-4-16(19)17-10-9-14(11-17)12-18/h5-8,14,18H,2-4,9-12H2,1H3. The van der Waals surface area contributed by atoms with E-state index in [1.165, 1.54) is 5.56 Å². The fourth-order valence-corrected chi connectivity index (χ4v) is 2.60. The zero-order valence-electron chi connectivity index (χ0n) is 12.0. The maximum atomic E-state index is 12.0. The lowest BCUT2D eigenvalue weighted by molar-refractivity contribution is -0.130. The summed E-state index contributed by atoms with van der Waals surface area (Å²) in [6.45, 7) is 1.71. The van der Waals surface area contributed by atoms with Gasteiger partial charge in [0.25, 0.3) is 0 Å². The van der Waals surface area contributed by atoms with Gasteiger partial charge in [-0.2, -0.15) is 0 Å². The Labute approximate surface area is 120 Å². The van der Waals surface area contributed by atoms with Gasteiger partial charge in [0, 0.05) is 32.0 Å². The molecule has 0 bridgehead atoms. The highest BCUT2D eigenvalue weighted by molar-refractivity contribution is 5.76. The summed E-state index contributed by atoms with van der Waals surface area (Å²) >= 11 is 0. The zero-order valence-corrected chi connectivity index (χ0v) is 12.0. The molecule has 110 valence electrons. The second-order valence-corrected chi connectivity index (χ2v) is 5.38. The summed E-state index contributed by atoms with van der Waals surface area (Å²) in [6.07, 6.45) is 3.29. The highest BCUT2D eigenvalue weighted by atomic mass is 16.5. The molecule has 1 unspecified atom stereocenters. The molecule has 0 spiro atoms. The molecule has 2 rings (SSSR count). The number of rotatable bonds is 6. The molecule has 4 nitrogen and oxygen atoms in total. The molecule has 1 saturated heterocycles. The van der Waals surface area contributed by atoms with Gasteiger partial charge >= 0.3 is 0 Å². The number of ether oxygens (including phenoxy) is 1. The van der Waals surface area contributed by atoms with Crippen molar-refractivity contribution in [3.63, 3.8) is 0 Å². The van der Waals surface area contributed by atoms with E-state index in [4.69, 9.17) is 9.84 Å². The monoisotopic (exact) mass is 277 g/mol. The molecule has 1 aliphatic heterocycles. The number of carbonyl (C=O) groups excluding carboxylic acids is 1. The van der Waals surface area contributed by atoms with Crippen LogP contribution in [0.15, 0.2) is 24.3 Å². The Morgan fingerprint density at radius 3 is 2.75 bits per heavy atom. The van der Waals surface area contributed by atoms with Crippen LogP contribution in [0.3, 0.4) is 0 Å². The van der Waals surface area contributed by atoms with Crippen LogP contribution in [0.5, 0.6) is 5.75 Å². The topological polar surface area (TPSA) is 49.8 Å². The fraction of sp³-hybridized carbons (Fsp3) is 0.562. The number of aliphatic hydroxyl groups is 1. The lowest BCUT2D eigenvalue weighted by Crippen LogP contribution is -2.28. The van der Waals surface area contributed by atoms with Crippen molar-refractivity contribution in [3.8, 4) is 5.75 Å². The Balaban J connectivity index is 1.71. The van der Waals surface area contributed by atoms with E-state index in [2.05, 4.69) is 0 Å². The molecule has 20 heavy (non-hydrogen) atoms. The van der Waals surface area contributed by atoms with Crippen molar-refractivity contribution >= 4 is 5.91 Å². The Kier molecular flexibility index (Phi) is 5.41. The molecule has 1 aromatic rings. The van der Waals surface area contributed by atoms with Crippen LogP contribution < -0.4 is 4.74 Å². The maximum Gasteiger partial charge on any atom is 0.222 e. The molecule has 0 aromatic heterocycles. The first-order valence-electron chi connectivity index (χ1n) is 7.24. The van der Waals surface area contributed by atoms with E-state index >= 15 is 0 Å². The van der Waals surface area contributed by atoms with Crippen LogP contribution in [0.1, 0.15) is 24.8 Å². The summed E-state index contributed by atoms with van der Waals surface area (Å²) in [7, 11) is 1.66. The van der Waals surface area contributed by atoms with Crippen molar-refractivity contribution in [1.82, 2.24) is 4.90 Å². The summed E-state index contributed by atoms with van der Waals surface area (Å²) in [6, 6.07) is 7.98. The van der Waals surface area contributed by atoms with E-state index in [-0.39, 0.29) is 18.4 Å². The minimum atomic E-state index is 0.190. The van der Waals surface area contributed by atoms with Crippen LogP contribution in [0.4, 0.5) is 0 Å². The molecule has 1 aliphatic rings. The number of methoxy groups -OCH3 is 1. The van der Waals surface area contributed by atoms with Crippen molar-refractivity contribution in [2.45, 2.75) is 25.7 Å². The second kappa shape index (κ2) is 7.29. The molecule has 1 amide bonds. The van der Waals surface area contributed by atoms with Crippen LogP contribution in [0.2, 0.25) is 0 Å². The molecule has 1 aromatic carbocycles. The number of hydrogen-bond acceptors (Lipinski definition) is 3. The van der Waals surface area contributed by atoms with Crippen LogP contribution in [0.25, 0.3) is 0 Å². The molecule has 4 heteroatoms. The third-order valence-electron chi connectivity index (χ3n) is 3.91. The lowest BCUT2D eigenvalue weighted by Gasteiger charge is -2.16. The largest absolute Gasteiger partial charge is 0.497 e. The summed E-state index contributed by atoms with van der Waals surface area (Å²) in [5.74, 6) is 1.35. The van der Waals surface area contributed by atoms with Crippen LogP contribution in [-0.2, 0) is 11.2 Å². The second-order valence-electron chi connectivity index (χ2n) is 5.38. The number of amides is 1. The molecule has 0 saturated carbocycles. The van der Waals surface area contributed by atoms with Crippen molar-refractivity contribution < 1.29 is 14.6 Å². The van der Waals surface area contributed by atoms with E-state index in [0.717, 1.165) is 38.1 Å². The predicted octanol–water partition coefficient (Wildman–Crippen LogP) is 1.86. The highest BCUT2D eigenvalue weighted by Gasteiger charge is 2.24. The number of benzene rings is 1.